The third-order valence-corrected chi connectivity index (χ3v) is 4.78. The molecule has 2 aromatic rings. The van der Waals surface area contributed by atoms with Crippen LogP contribution in [0.1, 0.15) is 24.2 Å². The maximum Gasteiger partial charge on any atom is 0.325 e. The van der Waals surface area contributed by atoms with Crippen molar-refractivity contribution in [2.75, 3.05) is 13.3 Å². The van der Waals surface area contributed by atoms with Crippen molar-refractivity contribution >= 4 is 17.8 Å². The maximum absolute atomic E-state index is 12.6. The zero-order chi connectivity index (χ0) is 20.2. The Balaban J connectivity index is 1.25. The molecule has 9 nitrogen and oxygen atoms in total. The first-order valence-corrected chi connectivity index (χ1v) is 9.39. The number of carbonyl (C=O) groups is 3. The van der Waals surface area contributed by atoms with E-state index in [0.29, 0.717) is 18.0 Å². The van der Waals surface area contributed by atoms with Crippen LogP contribution in [0.5, 0.6) is 11.5 Å². The Labute approximate surface area is 166 Å². The number of urea groups is 1. The van der Waals surface area contributed by atoms with Crippen LogP contribution in [0.25, 0.3) is 0 Å². The number of amides is 4. The monoisotopic (exact) mass is 399 g/mol. The fourth-order valence-corrected chi connectivity index (χ4v) is 3.29. The minimum absolute atomic E-state index is 0.0943. The summed E-state index contributed by atoms with van der Waals surface area (Å²) in [5, 5.41) is 5.34. The van der Waals surface area contributed by atoms with Gasteiger partial charge in [-0.1, -0.05) is 6.07 Å². The summed E-state index contributed by atoms with van der Waals surface area (Å²) in [6.45, 7) is 0.721. The van der Waals surface area contributed by atoms with Crippen molar-refractivity contribution in [1.29, 1.82) is 0 Å². The van der Waals surface area contributed by atoms with Crippen LogP contribution < -0.4 is 20.1 Å². The van der Waals surface area contributed by atoms with Crippen molar-refractivity contribution in [2.24, 2.45) is 0 Å². The zero-order valence-electron chi connectivity index (χ0n) is 15.7. The second-order valence-electron chi connectivity index (χ2n) is 6.85. The Morgan fingerprint density at radius 1 is 1.21 bits per heavy atom. The lowest BCUT2D eigenvalue weighted by Gasteiger charge is -2.13. The van der Waals surface area contributed by atoms with Gasteiger partial charge in [0.05, 0.1) is 19.2 Å². The predicted molar refractivity (Wildman–Crippen MR) is 100 cm³/mol. The molecule has 2 N–H and O–H groups in total. The van der Waals surface area contributed by atoms with Crippen LogP contribution in [0.3, 0.4) is 0 Å². The number of ether oxygens (including phenoxy) is 2. The van der Waals surface area contributed by atoms with Crippen LogP contribution in [-0.2, 0) is 22.6 Å². The molecular formula is C20H21N3O6. The van der Waals surface area contributed by atoms with E-state index in [9.17, 15) is 14.4 Å². The molecule has 1 saturated heterocycles. The van der Waals surface area contributed by atoms with Crippen molar-refractivity contribution in [3.05, 3.63) is 47.9 Å². The Kier molecular flexibility index (Phi) is 5.37. The van der Waals surface area contributed by atoms with Gasteiger partial charge in [0.15, 0.2) is 11.5 Å². The van der Waals surface area contributed by atoms with Crippen molar-refractivity contribution in [3.8, 4) is 11.5 Å². The van der Waals surface area contributed by atoms with E-state index in [4.69, 9.17) is 13.9 Å². The van der Waals surface area contributed by atoms with Crippen molar-refractivity contribution in [3.63, 3.8) is 0 Å². The summed E-state index contributed by atoms with van der Waals surface area (Å²) in [7, 11) is 0. The fourth-order valence-electron chi connectivity index (χ4n) is 3.29. The second kappa shape index (κ2) is 8.26. The molecule has 1 fully saturated rings. The SMILES string of the molecule is O=C(C[C@H]1NC(=O)N(Cc2ccc3c(c2)OCO3)C1=O)NCCCc1ccco1. The van der Waals surface area contributed by atoms with E-state index in [2.05, 4.69) is 10.6 Å². The number of imide groups is 1. The standard InChI is InChI=1S/C20H21N3O6/c24-18(21-7-1-3-14-4-2-8-27-14)10-15-19(25)23(20(26)22-15)11-13-5-6-16-17(9-13)29-12-28-16/h2,4-6,8-9,15H,1,3,7,10-12H2,(H,21,24)(H,22,26)/t15-/m1/s1. The van der Waals surface area contributed by atoms with E-state index in [1.54, 1.807) is 24.5 Å². The molecule has 1 aromatic heterocycles. The number of hydrogen-bond donors (Lipinski definition) is 2. The van der Waals surface area contributed by atoms with Gasteiger partial charge in [-0.15, -0.1) is 0 Å². The molecule has 3 heterocycles. The van der Waals surface area contributed by atoms with Gasteiger partial charge in [0.1, 0.15) is 11.8 Å². The van der Waals surface area contributed by atoms with Crippen molar-refractivity contribution < 1.29 is 28.3 Å². The zero-order valence-corrected chi connectivity index (χ0v) is 15.7. The Hall–Kier alpha value is -3.49. The van der Waals surface area contributed by atoms with Crippen LogP contribution >= 0.6 is 0 Å². The first-order chi connectivity index (χ1) is 14.1. The van der Waals surface area contributed by atoms with Crippen LogP contribution in [0.15, 0.2) is 41.0 Å². The molecule has 4 amide bonds. The van der Waals surface area contributed by atoms with Crippen LogP contribution in [0.2, 0.25) is 0 Å². The summed E-state index contributed by atoms with van der Waals surface area (Å²) in [4.78, 5) is 38.0. The van der Waals surface area contributed by atoms with Crippen LogP contribution in [0.4, 0.5) is 4.79 Å². The van der Waals surface area contributed by atoms with E-state index in [1.807, 2.05) is 12.1 Å². The lowest BCUT2D eigenvalue weighted by Crippen LogP contribution is -2.36. The minimum Gasteiger partial charge on any atom is -0.469 e. The van der Waals surface area contributed by atoms with Gasteiger partial charge in [0, 0.05) is 13.0 Å². The quantitative estimate of drug-likeness (QED) is 0.515. The second-order valence-corrected chi connectivity index (χ2v) is 6.85. The molecule has 4 rings (SSSR count). The van der Waals surface area contributed by atoms with Gasteiger partial charge in [0.25, 0.3) is 5.91 Å². The Morgan fingerprint density at radius 2 is 2.07 bits per heavy atom. The van der Waals surface area contributed by atoms with Crippen molar-refractivity contribution in [2.45, 2.75) is 31.8 Å². The Morgan fingerprint density at radius 3 is 2.90 bits per heavy atom. The number of carbonyl (C=O) groups excluding carboxylic acids is 3. The molecule has 29 heavy (non-hydrogen) atoms. The molecule has 0 aliphatic carbocycles. The maximum atomic E-state index is 12.6. The molecule has 9 heteroatoms. The van der Waals surface area contributed by atoms with Gasteiger partial charge < -0.3 is 24.5 Å². The number of fused-ring (bicyclic) bond motifs is 1. The number of hydrogen-bond acceptors (Lipinski definition) is 6. The molecule has 0 radical (unpaired) electrons. The molecule has 152 valence electrons. The molecule has 2 aliphatic heterocycles. The third-order valence-electron chi connectivity index (χ3n) is 4.78. The molecule has 0 spiro atoms. The number of benzene rings is 1. The van der Waals surface area contributed by atoms with Crippen molar-refractivity contribution in [1.82, 2.24) is 15.5 Å². The fraction of sp³-hybridized carbons (Fsp3) is 0.350. The van der Waals surface area contributed by atoms with E-state index < -0.39 is 18.0 Å². The van der Waals surface area contributed by atoms with E-state index in [-0.39, 0.29) is 25.7 Å². The topological polar surface area (TPSA) is 110 Å². The molecule has 1 atom stereocenters. The highest BCUT2D eigenvalue weighted by atomic mass is 16.7. The summed E-state index contributed by atoms with van der Waals surface area (Å²) < 4.78 is 15.8. The summed E-state index contributed by atoms with van der Waals surface area (Å²) in [6, 6.07) is 7.57. The smallest absolute Gasteiger partial charge is 0.325 e. The molecule has 0 unspecified atom stereocenters. The highest BCUT2D eigenvalue weighted by molar-refractivity contribution is 6.05. The van der Waals surface area contributed by atoms with Gasteiger partial charge in [-0.25, -0.2) is 4.79 Å². The average Bonchev–Trinajstić information content (AvgIpc) is 3.43. The summed E-state index contributed by atoms with van der Waals surface area (Å²) in [5.74, 6) is 1.37. The number of rotatable bonds is 8. The Bertz CT molecular complexity index is 911. The van der Waals surface area contributed by atoms with Crippen LogP contribution in [0, 0.1) is 0 Å². The predicted octanol–water partition coefficient (Wildman–Crippen LogP) is 1.57. The normalized spacial score (nSPS) is 17.5. The minimum atomic E-state index is -0.860. The summed E-state index contributed by atoms with van der Waals surface area (Å²) in [5.41, 5.74) is 0.737. The van der Waals surface area contributed by atoms with Gasteiger partial charge in [0.2, 0.25) is 12.7 Å². The molecule has 2 aliphatic rings. The first-order valence-electron chi connectivity index (χ1n) is 9.39. The lowest BCUT2D eigenvalue weighted by molar-refractivity contribution is -0.131. The average molecular weight is 399 g/mol. The first kappa shape index (κ1) is 18.9. The molecule has 0 saturated carbocycles. The number of aryl methyl sites for hydroxylation is 1. The molecular weight excluding hydrogens is 378 g/mol. The number of nitrogens with one attached hydrogen (secondary N) is 2. The highest BCUT2D eigenvalue weighted by Gasteiger charge is 2.39. The number of nitrogens with zero attached hydrogens (tertiary/aromatic N) is 1. The number of furan rings is 1. The lowest BCUT2D eigenvalue weighted by atomic mass is 10.1. The summed E-state index contributed by atoms with van der Waals surface area (Å²) in [6.07, 6.45) is 2.96. The van der Waals surface area contributed by atoms with Gasteiger partial charge in [-0.3, -0.25) is 14.5 Å². The van der Waals surface area contributed by atoms with E-state index >= 15 is 0 Å². The molecule has 0 bridgehead atoms. The summed E-state index contributed by atoms with van der Waals surface area (Å²) >= 11 is 0. The van der Waals surface area contributed by atoms with Gasteiger partial charge in [-0.05, 0) is 36.2 Å². The van der Waals surface area contributed by atoms with E-state index in [1.165, 1.54) is 0 Å². The molecule has 1 aromatic carbocycles. The van der Waals surface area contributed by atoms with Crippen LogP contribution in [-0.4, -0.2) is 42.1 Å². The third kappa shape index (κ3) is 4.34. The van der Waals surface area contributed by atoms with Gasteiger partial charge >= 0.3 is 6.03 Å². The largest absolute Gasteiger partial charge is 0.469 e. The highest BCUT2D eigenvalue weighted by Crippen LogP contribution is 2.33. The van der Waals surface area contributed by atoms with Gasteiger partial charge in [-0.2, -0.15) is 0 Å². The van der Waals surface area contributed by atoms with E-state index in [0.717, 1.165) is 29.1 Å².